The Morgan fingerprint density at radius 2 is 2.12 bits per heavy atom. The van der Waals surface area contributed by atoms with Gasteiger partial charge in [-0.1, -0.05) is 30.5 Å². The highest BCUT2D eigenvalue weighted by atomic mass is 35.5. The van der Waals surface area contributed by atoms with Gasteiger partial charge in [0.1, 0.15) is 5.75 Å². The van der Waals surface area contributed by atoms with Crippen LogP contribution < -0.4 is 15.4 Å². The number of hydrogen-bond acceptors (Lipinski definition) is 3. The first-order valence-electron chi connectivity index (χ1n) is 8.61. The Hall–Kier alpha value is -1.40. The van der Waals surface area contributed by atoms with Gasteiger partial charge in [0.05, 0.1) is 6.04 Å². The third-order valence-corrected chi connectivity index (χ3v) is 5.06. The summed E-state index contributed by atoms with van der Waals surface area (Å²) in [7, 11) is 0. The fraction of sp³-hybridized carbons (Fsp3) is 0.611. The first kappa shape index (κ1) is 19.9. The predicted molar refractivity (Wildman–Crippen MR) is 94.2 cm³/mol. The van der Waals surface area contributed by atoms with E-state index in [1.54, 1.807) is 12.1 Å². The van der Waals surface area contributed by atoms with Crippen LogP contribution in [0.4, 0.5) is 8.78 Å². The number of aryl methyl sites for hydroxylation is 1. The van der Waals surface area contributed by atoms with Gasteiger partial charge in [0.15, 0.2) is 0 Å². The van der Waals surface area contributed by atoms with E-state index in [2.05, 4.69) is 15.4 Å². The predicted octanol–water partition coefficient (Wildman–Crippen LogP) is 3.56. The molecule has 1 aliphatic carbocycles. The zero-order valence-corrected chi connectivity index (χ0v) is 15.1. The highest BCUT2D eigenvalue weighted by Crippen LogP contribution is 2.33. The van der Waals surface area contributed by atoms with Crippen molar-refractivity contribution in [2.75, 3.05) is 0 Å². The van der Waals surface area contributed by atoms with Crippen LogP contribution in [0, 0.1) is 12.8 Å². The number of benzene rings is 1. The van der Waals surface area contributed by atoms with Crippen molar-refractivity contribution in [1.82, 2.24) is 10.6 Å². The summed E-state index contributed by atoms with van der Waals surface area (Å²) in [4.78, 5) is 12.4. The molecule has 3 rings (SSSR count). The lowest BCUT2D eigenvalue weighted by Gasteiger charge is -2.24. The number of carbonyl (C=O) groups excluding carboxylic acids is 1. The maximum Gasteiger partial charge on any atom is 0.387 e. The van der Waals surface area contributed by atoms with Crippen molar-refractivity contribution in [1.29, 1.82) is 0 Å². The van der Waals surface area contributed by atoms with E-state index in [4.69, 9.17) is 0 Å². The third kappa shape index (κ3) is 5.05. The number of ether oxygens (including phenoxy) is 1. The zero-order chi connectivity index (χ0) is 17.1. The molecule has 1 saturated heterocycles. The van der Waals surface area contributed by atoms with E-state index >= 15 is 0 Å². The van der Waals surface area contributed by atoms with Crippen molar-refractivity contribution in [3.05, 3.63) is 29.3 Å². The number of rotatable bonds is 5. The fourth-order valence-corrected chi connectivity index (χ4v) is 3.88. The molecule has 1 heterocycles. The first-order valence-corrected chi connectivity index (χ1v) is 8.61. The largest absolute Gasteiger partial charge is 0.434 e. The molecule has 0 radical (unpaired) electrons. The number of amides is 1. The summed E-state index contributed by atoms with van der Waals surface area (Å²) in [5.74, 6) is 0.643. The number of nitrogens with one attached hydrogen (secondary N) is 2. The van der Waals surface area contributed by atoms with Crippen LogP contribution in [0.5, 0.6) is 5.75 Å². The Balaban J connectivity index is 0.00000225. The normalized spacial score (nSPS) is 25.2. The summed E-state index contributed by atoms with van der Waals surface area (Å²) in [6, 6.07) is 5.27. The highest BCUT2D eigenvalue weighted by molar-refractivity contribution is 5.85. The van der Waals surface area contributed by atoms with E-state index in [1.807, 2.05) is 6.92 Å². The second-order valence-corrected chi connectivity index (χ2v) is 6.81. The van der Waals surface area contributed by atoms with Crippen LogP contribution >= 0.6 is 12.4 Å². The molecule has 2 aliphatic rings. The minimum absolute atomic E-state index is 0. The molecule has 25 heavy (non-hydrogen) atoms. The fourth-order valence-electron chi connectivity index (χ4n) is 3.88. The second-order valence-electron chi connectivity index (χ2n) is 6.81. The van der Waals surface area contributed by atoms with Gasteiger partial charge in [-0.15, -0.1) is 12.4 Å². The van der Waals surface area contributed by atoms with Crippen LogP contribution in [0.15, 0.2) is 18.2 Å². The molecule has 3 unspecified atom stereocenters. The Kier molecular flexibility index (Phi) is 7.02. The van der Waals surface area contributed by atoms with Crippen LogP contribution in [-0.4, -0.2) is 24.6 Å². The minimum Gasteiger partial charge on any atom is -0.434 e. The highest BCUT2D eigenvalue weighted by Gasteiger charge is 2.38. The maximum atomic E-state index is 12.5. The second kappa shape index (κ2) is 8.81. The van der Waals surface area contributed by atoms with Crippen molar-refractivity contribution in [2.45, 2.75) is 64.3 Å². The molecule has 7 heteroatoms. The molecular weight excluding hydrogens is 350 g/mol. The SMILES string of the molecule is Cc1ccc(OC(F)F)c(CNC(=O)C2CC3CCCCC3N2)c1.Cl. The topological polar surface area (TPSA) is 50.4 Å². The van der Waals surface area contributed by atoms with Gasteiger partial charge < -0.3 is 15.4 Å². The molecule has 1 aromatic carbocycles. The van der Waals surface area contributed by atoms with Crippen LogP contribution in [-0.2, 0) is 11.3 Å². The lowest BCUT2D eigenvalue weighted by atomic mass is 9.85. The minimum atomic E-state index is -2.87. The molecule has 0 bridgehead atoms. The summed E-state index contributed by atoms with van der Waals surface area (Å²) in [6.07, 6.45) is 5.66. The van der Waals surface area contributed by atoms with E-state index in [0.717, 1.165) is 18.4 Å². The van der Waals surface area contributed by atoms with Gasteiger partial charge in [0.25, 0.3) is 0 Å². The number of alkyl halides is 2. The Morgan fingerprint density at radius 1 is 1.36 bits per heavy atom. The van der Waals surface area contributed by atoms with E-state index in [-0.39, 0.29) is 36.7 Å². The quantitative estimate of drug-likeness (QED) is 0.828. The third-order valence-electron chi connectivity index (χ3n) is 5.06. The maximum absolute atomic E-state index is 12.5. The van der Waals surface area contributed by atoms with E-state index < -0.39 is 6.61 Å². The molecule has 1 saturated carbocycles. The van der Waals surface area contributed by atoms with Crippen LogP contribution in [0.25, 0.3) is 0 Å². The molecule has 140 valence electrons. The van der Waals surface area contributed by atoms with Crippen molar-refractivity contribution in [3.8, 4) is 5.75 Å². The lowest BCUT2D eigenvalue weighted by Crippen LogP contribution is -2.42. The van der Waals surface area contributed by atoms with Crippen LogP contribution in [0.1, 0.15) is 43.2 Å². The molecule has 0 aromatic heterocycles. The monoisotopic (exact) mass is 374 g/mol. The number of halogens is 3. The van der Waals surface area contributed by atoms with Gasteiger partial charge >= 0.3 is 6.61 Å². The van der Waals surface area contributed by atoms with Crippen molar-refractivity contribution >= 4 is 18.3 Å². The van der Waals surface area contributed by atoms with E-state index in [9.17, 15) is 13.6 Å². The molecule has 4 nitrogen and oxygen atoms in total. The first-order chi connectivity index (χ1) is 11.5. The van der Waals surface area contributed by atoms with Gasteiger partial charge in [-0.05, 0) is 38.2 Å². The molecule has 2 fully saturated rings. The molecule has 3 atom stereocenters. The number of carbonyl (C=O) groups is 1. The molecular formula is C18H25ClF2N2O2. The van der Waals surface area contributed by atoms with Crippen molar-refractivity contribution < 1.29 is 18.3 Å². The van der Waals surface area contributed by atoms with E-state index in [1.165, 1.54) is 25.3 Å². The van der Waals surface area contributed by atoms with Gasteiger partial charge in [-0.3, -0.25) is 4.79 Å². The van der Waals surface area contributed by atoms with Gasteiger partial charge in [0, 0.05) is 18.2 Å². The summed E-state index contributed by atoms with van der Waals surface area (Å²) >= 11 is 0. The molecule has 2 N–H and O–H groups in total. The average Bonchev–Trinajstić information content (AvgIpc) is 2.98. The van der Waals surface area contributed by atoms with Crippen LogP contribution in [0.3, 0.4) is 0 Å². The molecule has 1 aliphatic heterocycles. The molecule has 0 spiro atoms. The average molecular weight is 375 g/mol. The molecule has 1 amide bonds. The van der Waals surface area contributed by atoms with Gasteiger partial charge in [0.2, 0.25) is 5.91 Å². The summed E-state index contributed by atoms with van der Waals surface area (Å²) in [5.41, 5.74) is 1.50. The molecule has 1 aromatic rings. The van der Waals surface area contributed by atoms with Crippen LogP contribution in [0.2, 0.25) is 0 Å². The zero-order valence-electron chi connectivity index (χ0n) is 14.3. The summed E-state index contributed by atoms with van der Waals surface area (Å²) in [6.45, 7) is -0.807. The summed E-state index contributed by atoms with van der Waals surface area (Å²) < 4.78 is 29.5. The Bertz CT molecular complexity index is 586. The van der Waals surface area contributed by atoms with Crippen molar-refractivity contribution in [3.63, 3.8) is 0 Å². The lowest BCUT2D eigenvalue weighted by molar-refractivity contribution is -0.123. The van der Waals surface area contributed by atoms with Crippen molar-refractivity contribution in [2.24, 2.45) is 5.92 Å². The smallest absolute Gasteiger partial charge is 0.387 e. The Labute approximate surface area is 153 Å². The standard InChI is InChI=1S/C18H24F2N2O2.ClH/c1-11-6-7-16(24-18(19)20)13(8-11)10-21-17(23)15-9-12-4-2-3-5-14(12)22-15;/h6-8,12,14-15,18,22H,2-5,9-10H2,1H3,(H,21,23);1H. The Morgan fingerprint density at radius 3 is 2.84 bits per heavy atom. The van der Waals surface area contributed by atoms with E-state index in [0.29, 0.717) is 17.5 Å². The summed E-state index contributed by atoms with van der Waals surface area (Å²) in [5, 5.41) is 6.29. The van der Waals surface area contributed by atoms with Gasteiger partial charge in [-0.25, -0.2) is 0 Å². The number of fused-ring (bicyclic) bond motifs is 1. The number of hydrogen-bond donors (Lipinski definition) is 2. The van der Waals surface area contributed by atoms with Gasteiger partial charge in [-0.2, -0.15) is 8.78 Å².